The van der Waals surface area contributed by atoms with E-state index in [1.807, 2.05) is 0 Å². The van der Waals surface area contributed by atoms with E-state index in [1.165, 1.54) is 0 Å². The second-order valence-corrected chi connectivity index (χ2v) is 1.60. The van der Waals surface area contributed by atoms with E-state index in [0.717, 1.165) is 6.08 Å². The molecule has 6 heteroatoms. The lowest BCUT2D eigenvalue weighted by Crippen LogP contribution is -2.18. The van der Waals surface area contributed by atoms with Gasteiger partial charge in [0.2, 0.25) is 5.78 Å². The topological polar surface area (TPSA) is 54.4 Å². The highest BCUT2D eigenvalue weighted by atomic mass is 19.4. The Morgan fingerprint density at radius 1 is 1.42 bits per heavy atom. The Morgan fingerprint density at radius 2 is 1.58 bits per heavy atom. The summed E-state index contributed by atoms with van der Waals surface area (Å²) in [7, 11) is 0. The van der Waals surface area contributed by atoms with Gasteiger partial charge < -0.3 is 5.11 Å². The largest absolute Gasteiger partial charge is 0.478 e. The van der Waals surface area contributed by atoms with Gasteiger partial charge in [0.05, 0.1) is 0 Å². The molecule has 3 nitrogen and oxygen atoms in total. The number of halogens is 3. The quantitative estimate of drug-likeness (QED) is 0.626. The van der Waals surface area contributed by atoms with Gasteiger partial charge in [-0.3, -0.25) is 4.79 Å². The van der Waals surface area contributed by atoms with E-state index in [1.54, 1.807) is 0 Å². The zero-order chi connectivity index (χ0) is 10.4. The Kier molecular flexibility index (Phi) is 5.90. The fourth-order valence-electron chi connectivity index (χ4n) is 0. The summed E-state index contributed by atoms with van der Waals surface area (Å²) >= 11 is 0. The number of aliphatic carboxylic acids is 1. The third kappa shape index (κ3) is 11.5. The van der Waals surface area contributed by atoms with Gasteiger partial charge in [-0.05, 0) is 0 Å². The number of carboxylic acids is 1. The van der Waals surface area contributed by atoms with Crippen LogP contribution in [-0.2, 0) is 9.59 Å². The van der Waals surface area contributed by atoms with Gasteiger partial charge in [0.1, 0.15) is 0 Å². The SMILES string of the molecule is C=CC(=O)O.CC(=O)C(F)(F)F. The third-order valence-corrected chi connectivity index (χ3v) is 0.574. The van der Waals surface area contributed by atoms with E-state index in [4.69, 9.17) is 5.11 Å². The van der Waals surface area contributed by atoms with Crippen molar-refractivity contribution in [3.05, 3.63) is 12.7 Å². The molecule has 0 unspecified atom stereocenters. The predicted octanol–water partition coefficient (Wildman–Crippen LogP) is 1.39. The van der Waals surface area contributed by atoms with Crippen molar-refractivity contribution in [3.63, 3.8) is 0 Å². The highest BCUT2D eigenvalue weighted by Gasteiger charge is 2.33. The normalized spacial score (nSPS) is 9.33. The Bertz CT molecular complexity index is 183. The van der Waals surface area contributed by atoms with Gasteiger partial charge in [-0.15, -0.1) is 0 Å². The van der Waals surface area contributed by atoms with E-state index < -0.39 is 17.9 Å². The van der Waals surface area contributed by atoms with Crippen LogP contribution in [-0.4, -0.2) is 23.0 Å². The minimum absolute atomic E-state index is 0.486. The van der Waals surface area contributed by atoms with Crippen molar-refractivity contribution in [2.75, 3.05) is 0 Å². The second-order valence-electron chi connectivity index (χ2n) is 1.60. The molecule has 0 aliphatic heterocycles. The average Bonchev–Trinajstić information content (AvgIpc) is 1.87. The molecule has 0 bridgehead atoms. The first-order valence-electron chi connectivity index (χ1n) is 2.65. The lowest BCUT2D eigenvalue weighted by Gasteiger charge is -1.95. The number of hydrogen-bond donors (Lipinski definition) is 1. The van der Waals surface area contributed by atoms with Gasteiger partial charge in [-0.2, -0.15) is 13.2 Å². The molecular weight excluding hydrogens is 177 g/mol. The first-order chi connectivity index (χ1) is 5.21. The maximum atomic E-state index is 10.8. The van der Waals surface area contributed by atoms with Crippen LogP contribution in [0.4, 0.5) is 13.2 Å². The summed E-state index contributed by atoms with van der Waals surface area (Å²) in [5.41, 5.74) is 0. The number of ketones is 1. The van der Waals surface area contributed by atoms with Crippen LogP contribution >= 0.6 is 0 Å². The van der Waals surface area contributed by atoms with Crippen molar-refractivity contribution in [1.29, 1.82) is 0 Å². The molecule has 0 rings (SSSR count). The average molecular weight is 184 g/mol. The molecule has 0 aliphatic rings. The summed E-state index contributed by atoms with van der Waals surface area (Å²) in [5, 5.41) is 7.60. The summed E-state index contributed by atoms with van der Waals surface area (Å²) < 4.78 is 32.5. The number of carbonyl (C=O) groups is 2. The third-order valence-electron chi connectivity index (χ3n) is 0.574. The summed E-state index contributed by atoms with van der Waals surface area (Å²) in [6.45, 7) is 3.45. The van der Waals surface area contributed by atoms with Crippen LogP contribution in [0.15, 0.2) is 12.7 Å². The van der Waals surface area contributed by atoms with Crippen LogP contribution < -0.4 is 0 Å². The Balaban J connectivity index is 0. The van der Waals surface area contributed by atoms with Gasteiger partial charge in [-0.25, -0.2) is 4.79 Å². The molecule has 0 amide bonds. The molecule has 0 aromatic heterocycles. The van der Waals surface area contributed by atoms with E-state index in [9.17, 15) is 22.8 Å². The summed E-state index contributed by atoms with van der Waals surface area (Å²) in [6.07, 6.45) is -3.81. The van der Waals surface area contributed by atoms with Crippen LogP contribution in [0.1, 0.15) is 6.92 Å². The molecule has 12 heavy (non-hydrogen) atoms. The van der Waals surface area contributed by atoms with Crippen LogP contribution in [0.25, 0.3) is 0 Å². The van der Waals surface area contributed by atoms with E-state index in [2.05, 4.69) is 6.58 Å². The lowest BCUT2D eigenvalue weighted by atomic mass is 10.5. The maximum absolute atomic E-state index is 10.8. The van der Waals surface area contributed by atoms with E-state index >= 15 is 0 Å². The number of hydrogen-bond acceptors (Lipinski definition) is 2. The zero-order valence-electron chi connectivity index (χ0n) is 6.18. The molecule has 0 aliphatic carbocycles. The summed E-state index contributed by atoms with van der Waals surface area (Å²) in [4.78, 5) is 18.6. The predicted molar refractivity (Wildman–Crippen MR) is 34.6 cm³/mol. The Labute approximate surface area is 66.5 Å². The van der Waals surface area contributed by atoms with Gasteiger partial charge >= 0.3 is 12.1 Å². The van der Waals surface area contributed by atoms with Crippen LogP contribution in [0.5, 0.6) is 0 Å². The first-order valence-corrected chi connectivity index (χ1v) is 2.65. The Hall–Kier alpha value is -1.33. The van der Waals surface area contributed by atoms with E-state index in [-0.39, 0.29) is 0 Å². The fourth-order valence-corrected chi connectivity index (χ4v) is 0. The number of rotatable bonds is 1. The maximum Gasteiger partial charge on any atom is 0.449 e. The molecule has 0 radical (unpaired) electrons. The zero-order valence-corrected chi connectivity index (χ0v) is 6.18. The van der Waals surface area contributed by atoms with Crippen LogP contribution in [0, 0.1) is 0 Å². The van der Waals surface area contributed by atoms with Crippen molar-refractivity contribution in [3.8, 4) is 0 Å². The molecule has 70 valence electrons. The van der Waals surface area contributed by atoms with Crippen molar-refractivity contribution in [2.24, 2.45) is 0 Å². The van der Waals surface area contributed by atoms with E-state index in [0.29, 0.717) is 6.92 Å². The van der Waals surface area contributed by atoms with Crippen LogP contribution in [0.3, 0.4) is 0 Å². The van der Waals surface area contributed by atoms with Gasteiger partial charge in [0.15, 0.2) is 0 Å². The summed E-state index contributed by atoms with van der Waals surface area (Å²) in [6, 6.07) is 0. The smallest absolute Gasteiger partial charge is 0.449 e. The highest BCUT2D eigenvalue weighted by molar-refractivity contribution is 5.81. The van der Waals surface area contributed by atoms with Crippen molar-refractivity contribution < 1.29 is 27.9 Å². The lowest BCUT2D eigenvalue weighted by molar-refractivity contribution is -0.168. The highest BCUT2D eigenvalue weighted by Crippen LogP contribution is 2.14. The Morgan fingerprint density at radius 3 is 1.58 bits per heavy atom. The second kappa shape index (κ2) is 5.34. The fraction of sp³-hybridized carbons (Fsp3) is 0.333. The van der Waals surface area contributed by atoms with Gasteiger partial charge in [0, 0.05) is 13.0 Å². The number of Topliss-reactive ketones (excluding diaryl/α,β-unsaturated/α-hetero) is 1. The summed E-state index contributed by atoms with van der Waals surface area (Å²) in [5.74, 6) is -2.74. The molecule has 0 aromatic carbocycles. The minimum Gasteiger partial charge on any atom is -0.478 e. The van der Waals surface area contributed by atoms with Crippen molar-refractivity contribution in [1.82, 2.24) is 0 Å². The minimum atomic E-state index is -4.64. The molecule has 0 atom stereocenters. The number of carbonyl (C=O) groups excluding carboxylic acids is 1. The number of alkyl halides is 3. The molecule has 0 saturated carbocycles. The molecule has 0 heterocycles. The van der Waals surface area contributed by atoms with Crippen LogP contribution in [0.2, 0.25) is 0 Å². The molecule has 1 N–H and O–H groups in total. The molecule has 0 saturated heterocycles. The monoisotopic (exact) mass is 184 g/mol. The van der Waals surface area contributed by atoms with Gasteiger partial charge in [0.25, 0.3) is 0 Å². The molecular formula is C6H7F3O3. The standard InChI is InChI=1S/C3H3F3O.C3H4O2/c1-2(7)3(4,5)6;1-2-3(4)5/h1H3;2H,1H2,(H,4,5). The van der Waals surface area contributed by atoms with Crippen molar-refractivity contribution >= 4 is 11.8 Å². The van der Waals surface area contributed by atoms with Crippen molar-refractivity contribution in [2.45, 2.75) is 13.1 Å². The molecule has 0 spiro atoms. The first kappa shape index (κ1) is 13.3. The van der Waals surface area contributed by atoms with Gasteiger partial charge in [-0.1, -0.05) is 6.58 Å². The molecule has 0 aromatic rings. The number of carboxylic acid groups (broad SMARTS) is 1. The molecule has 0 fully saturated rings.